The Morgan fingerprint density at radius 3 is 2.94 bits per heavy atom. The van der Waals surface area contributed by atoms with Crippen molar-refractivity contribution < 1.29 is 13.7 Å². The second-order valence-corrected chi connectivity index (χ2v) is 8.20. The van der Waals surface area contributed by atoms with Gasteiger partial charge in [0.25, 0.3) is 0 Å². The third-order valence-electron chi connectivity index (χ3n) is 5.40. The average Bonchev–Trinajstić information content (AvgIpc) is 3.31. The standard InChI is InChI=1S/C22H27FN6O2/c1-14(2)21-25-20(31-28-21)9-6-8-19(30)24-17-13-15(10-11-16(17)23)22-27-26-18-7-4-3-5-12-29(18)22/h10-11,13-14H,3-9,12H2,1-2H3,(H,24,30). The molecule has 1 aromatic carbocycles. The summed E-state index contributed by atoms with van der Waals surface area (Å²) in [5.41, 5.74) is 0.887. The van der Waals surface area contributed by atoms with Crippen LogP contribution in [0.1, 0.15) is 69.4 Å². The Labute approximate surface area is 180 Å². The van der Waals surface area contributed by atoms with Crippen LogP contribution in [0, 0.1) is 5.82 Å². The maximum Gasteiger partial charge on any atom is 0.226 e. The molecule has 0 bridgehead atoms. The number of carbonyl (C=O) groups is 1. The third-order valence-corrected chi connectivity index (χ3v) is 5.40. The van der Waals surface area contributed by atoms with Gasteiger partial charge in [0.1, 0.15) is 11.6 Å². The first-order valence-electron chi connectivity index (χ1n) is 10.9. The molecule has 0 atom stereocenters. The number of carbonyl (C=O) groups excluding carboxylic acids is 1. The second-order valence-electron chi connectivity index (χ2n) is 8.20. The van der Waals surface area contributed by atoms with Crippen LogP contribution in [0.2, 0.25) is 0 Å². The fraction of sp³-hybridized carbons (Fsp3) is 0.500. The highest BCUT2D eigenvalue weighted by molar-refractivity contribution is 5.91. The van der Waals surface area contributed by atoms with Gasteiger partial charge in [-0.15, -0.1) is 10.2 Å². The summed E-state index contributed by atoms with van der Waals surface area (Å²) in [5, 5.41) is 15.2. The Hall–Kier alpha value is -3.10. The summed E-state index contributed by atoms with van der Waals surface area (Å²) >= 11 is 0. The number of hydrogen-bond donors (Lipinski definition) is 1. The van der Waals surface area contributed by atoms with Gasteiger partial charge in [0.05, 0.1) is 5.69 Å². The van der Waals surface area contributed by atoms with Crippen molar-refractivity contribution in [2.75, 3.05) is 5.32 Å². The number of amides is 1. The Morgan fingerprint density at radius 2 is 2.13 bits per heavy atom. The highest BCUT2D eigenvalue weighted by atomic mass is 19.1. The maximum atomic E-state index is 14.4. The molecule has 0 saturated heterocycles. The summed E-state index contributed by atoms with van der Waals surface area (Å²) in [5.74, 6) is 2.29. The molecule has 3 heterocycles. The van der Waals surface area contributed by atoms with Gasteiger partial charge in [0, 0.05) is 37.3 Å². The van der Waals surface area contributed by atoms with Crippen LogP contribution in [0.3, 0.4) is 0 Å². The molecule has 1 aliphatic heterocycles. The van der Waals surface area contributed by atoms with Crippen molar-refractivity contribution in [3.8, 4) is 11.4 Å². The molecule has 2 aromatic heterocycles. The van der Waals surface area contributed by atoms with E-state index in [9.17, 15) is 9.18 Å². The zero-order valence-electron chi connectivity index (χ0n) is 17.9. The van der Waals surface area contributed by atoms with E-state index in [1.54, 1.807) is 12.1 Å². The molecule has 164 valence electrons. The number of aryl methyl sites for hydroxylation is 2. The Balaban J connectivity index is 1.39. The normalized spacial score (nSPS) is 13.8. The van der Waals surface area contributed by atoms with Gasteiger partial charge in [-0.2, -0.15) is 4.98 Å². The van der Waals surface area contributed by atoms with Gasteiger partial charge in [-0.1, -0.05) is 25.4 Å². The molecule has 0 saturated carbocycles. The monoisotopic (exact) mass is 426 g/mol. The van der Waals surface area contributed by atoms with Gasteiger partial charge in [-0.3, -0.25) is 4.79 Å². The fourth-order valence-electron chi connectivity index (χ4n) is 3.68. The van der Waals surface area contributed by atoms with E-state index in [1.165, 1.54) is 6.07 Å². The number of fused-ring (bicyclic) bond motifs is 1. The van der Waals surface area contributed by atoms with Crippen LogP contribution < -0.4 is 5.32 Å². The number of nitrogens with zero attached hydrogens (tertiary/aromatic N) is 5. The van der Waals surface area contributed by atoms with E-state index in [4.69, 9.17) is 4.52 Å². The van der Waals surface area contributed by atoms with Crippen LogP contribution in [-0.2, 0) is 24.2 Å². The molecule has 31 heavy (non-hydrogen) atoms. The minimum atomic E-state index is -0.480. The van der Waals surface area contributed by atoms with Crippen LogP contribution in [0.25, 0.3) is 11.4 Å². The SMILES string of the molecule is CC(C)c1noc(CCCC(=O)Nc2cc(-c3nnc4n3CCCCC4)ccc2F)n1. The summed E-state index contributed by atoms with van der Waals surface area (Å²) in [6.07, 6.45) is 5.49. The number of rotatable bonds is 7. The lowest BCUT2D eigenvalue weighted by Gasteiger charge is -2.10. The number of hydrogen-bond acceptors (Lipinski definition) is 6. The number of benzene rings is 1. The van der Waals surface area contributed by atoms with Crippen LogP contribution in [0.15, 0.2) is 22.7 Å². The van der Waals surface area contributed by atoms with Gasteiger partial charge in [-0.05, 0) is 37.5 Å². The van der Waals surface area contributed by atoms with Crippen LogP contribution in [-0.4, -0.2) is 30.8 Å². The van der Waals surface area contributed by atoms with E-state index < -0.39 is 5.82 Å². The molecule has 0 aliphatic carbocycles. The van der Waals surface area contributed by atoms with Gasteiger partial charge < -0.3 is 14.4 Å². The van der Waals surface area contributed by atoms with Crippen molar-refractivity contribution in [2.24, 2.45) is 0 Å². The molecule has 1 aliphatic rings. The van der Waals surface area contributed by atoms with Crippen LogP contribution in [0.5, 0.6) is 0 Å². The first-order valence-corrected chi connectivity index (χ1v) is 10.9. The van der Waals surface area contributed by atoms with Crippen molar-refractivity contribution in [3.63, 3.8) is 0 Å². The minimum Gasteiger partial charge on any atom is -0.339 e. The maximum absolute atomic E-state index is 14.4. The van der Waals surface area contributed by atoms with Gasteiger partial charge >= 0.3 is 0 Å². The average molecular weight is 426 g/mol. The zero-order valence-corrected chi connectivity index (χ0v) is 17.9. The largest absolute Gasteiger partial charge is 0.339 e. The molecule has 0 unspecified atom stereocenters. The van der Waals surface area contributed by atoms with Crippen molar-refractivity contribution >= 4 is 11.6 Å². The minimum absolute atomic E-state index is 0.147. The molecule has 0 spiro atoms. The number of aromatic nitrogens is 5. The van der Waals surface area contributed by atoms with E-state index >= 15 is 0 Å². The van der Waals surface area contributed by atoms with E-state index in [1.807, 2.05) is 13.8 Å². The number of nitrogens with one attached hydrogen (secondary N) is 1. The quantitative estimate of drug-likeness (QED) is 0.605. The van der Waals surface area contributed by atoms with Crippen molar-refractivity contribution in [1.82, 2.24) is 24.9 Å². The number of halogens is 1. The van der Waals surface area contributed by atoms with Gasteiger partial charge in [-0.25, -0.2) is 4.39 Å². The predicted octanol–water partition coefficient (Wildman–Crippen LogP) is 4.28. The molecule has 8 nitrogen and oxygen atoms in total. The third kappa shape index (κ3) is 4.98. The molecule has 4 rings (SSSR count). The summed E-state index contributed by atoms with van der Waals surface area (Å²) in [7, 11) is 0. The highest BCUT2D eigenvalue weighted by Crippen LogP contribution is 2.26. The molecule has 0 radical (unpaired) electrons. The molecule has 3 aromatic rings. The Morgan fingerprint density at radius 1 is 1.26 bits per heavy atom. The summed E-state index contributed by atoms with van der Waals surface area (Å²) in [6.45, 7) is 4.83. The zero-order chi connectivity index (χ0) is 21.8. The lowest BCUT2D eigenvalue weighted by Crippen LogP contribution is -2.13. The van der Waals surface area contributed by atoms with E-state index in [0.29, 0.717) is 30.4 Å². The van der Waals surface area contributed by atoms with Crippen LogP contribution >= 0.6 is 0 Å². The van der Waals surface area contributed by atoms with Crippen molar-refractivity contribution in [2.45, 2.75) is 71.3 Å². The smallest absolute Gasteiger partial charge is 0.226 e. The first kappa shape index (κ1) is 21.1. The summed E-state index contributed by atoms with van der Waals surface area (Å²) < 4.78 is 21.6. The van der Waals surface area contributed by atoms with Gasteiger partial charge in [0.15, 0.2) is 11.6 Å². The van der Waals surface area contributed by atoms with E-state index in [2.05, 4.69) is 30.2 Å². The van der Waals surface area contributed by atoms with Crippen molar-refractivity contribution in [3.05, 3.63) is 41.6 Å². The van der Waals surface area contributed by atoms with Gasteiger partial charge in [0.2, 0.25) is 11.8 Å². The molecule has 9 heteroatoms. The lowest BCUT2D eigenvalue weighted by molar-refractivity contribution is -0.116. The summed E-state index contributed by atoms with van der Waals surface area (Å²) in [4.78, 5) is 16.7. The van der Waals surface area contributed by atoms with Crippen LogP contribution in [0.4, 0.5) is 10.1 Å². The van der Waals surface area contributed by atoms with Crippen molar-refractivity contribution in [1.29, 1.82) is 0 Å². The summed E-state index contributed by atoms with van der Waals surface area (Å²) in [6, 6.07) is 4.66. The van der Waals surface area contributed by atoms with E-state index in [0.717, 1.165) is 43.6 Å². The molecular formula is C22H27FN6O2. The second kappa shape index (κ2) is 9.36. The number of anilines is 1. The first-order chi connectivity index (χ1) is 15.0. The molecular weight excluding hydrogens is 399 g/mol. The highest BCUT2D eigenvalue weighted by Gasteiger charge is 2.18. The Bertz CT molecular complexity index is 1060. The lowest BCUT2D eigenvalue weighted by atomic mass is 10.1. The fourth-order valence-corrected chi connectivity index (χ4v) is 3.68. The Kier molecular flexibility index (Phi) is 6.39. The predicted molar refractivity (Wildman–Crippen MR) is 113 cm³/mol. The molecule has 1 amide bonds. The molecule has 1 N–H and O–H groups in total. The molecule has 0 fully saturated rings. The topological polar surface area (TPSA) is 98.7 Å². The van der Waals surface area contributed by atoms with E-state index in [-0.39, 0.29) is 23.9 Å².